The molecular formula is C25H24BClN4O10. The molecule has 4 rings (SSSR count). The highest BCUT2D eigenvalue weighted by molar-refractivity contribution is 6.47. The number of carbonyl (C=O) groups excluding carboxylic acids is 4. The Bertz CT molecular complexity index is 1450. The van der Waals surface area contributed by atoms with Crippen LogP contribution < -0.4 is 15.3 Å². The predicted molar refractivity (Wildman–Crippen MR) is 141 cm³/mol. The largest absolute Gasteiger partial charge is 0.547 e. The second-order valence-corrected chi connectivity index (χ2v) is 9.60. The number of hydrogen-bond acceptors (Lipinski definition) is 8. The monoisotopic (exact) mass is 586 g/mol. The Kier molecular flexibility index (Phi) is 8.49. The standard InChI is InChI=1S/C25H24BClN4O10/c1-2-30-8-9-31(22(34)21(30)33)25(39)29-18(14-7-6-13(23(35)36)10-16(14)27)20(32)28-17-11-12-4-3-5-15(24(37)38)19(12)41-26(17)40/h3-7,10,17-18,40H,2,8-9,11H2,1H3,(H,28,32)(H,29,39)(H,35,36)(H,37,38)/t17-,18+/m0/s1. The molecule has 2 aromatic rings. The molecule has 41 heavy (non-hydrogen) atoms. The summed E-state index contributed by atoms with van der Waals surface area (Å²) in [5.74, 6) is -6.62. The van der Waals surface area contributed by atoms with Gasteiger partial charge in [0.05, 0.1) is 17.1 Å². The molecule has 1 saturated heterocycles. The number of likely N-dealkylation sites (N-methyl/N-ethyl adjacent to an activating group) is 1. The van der Waals surface area contributed by atoms with Crippen molar-refractivity contribution < 1.29 is 48.7 Å². The minimum atomic E-state index is -1.67. The lowest BCUT2D eigenvalue weighted by atomic mass is 9.72. The highest BCUT2D eigenvalue weighted by atomic mass is 35.5. The van der Waals surface area contributed by atoms with E-state index in [0.29, 0.717) is 10.5 Å². The van der Waals surface area contributed by atoms with E-state index in [0.717, 1.165) is 12.1 Å². The van der Waals surface area contributed by atoms with Crippen molar-refractivity contribution in [2.75, 3.05) is 19.6 Å². The summed E-state index contributed by atoms with van der Waals surface area (Å²) < 4.78 is 5.40. The highest BCUT2D eigenvalue weighted by Gasteiger charge is 2.41. The number of imide groups is 1. The van der Waals surface area contributed by atoms with Crippen LogP contribution in [0.15, 0.2) is 36.4 Å². The van der Waals surface area contributed by atoms with Gasteiger partial charge in [-0.2, -0.15) is 0 Å². The lowest BCUT2D eigenvalue weighted by Gasteiger charge is -2.33. The number of nitrogens with zero attached hydrogens (tertiary/aromatic N) is 2. The normalized spacial score (nSPS) is 17.3. The Morgan fingerprint density at radius 3 is 2.46 bits per heavy atom. The SMILES string of the molecule is CCN1CCN(C(=O)N[C@@H](C(=O)N[C@H]2Cc3cccc(C(=O)O)c3OB2O)c2ccc(C(=O)O)cc2Cl)C(=O)C1=O. The molecule has 2 aliphatic heterocycles. The number of nitrogens with one attached hydrogen (secondary N) is 2. The van der Waals surface area contributed by atoms with Gasteiger partial charge >= 0.3 is 36.9 Å². The van der Waals surface area contributed by atoms with Crippen LogP contribution >= 0.6 is 11.6 Å². The fraction of sp³-hybridized carbons (Fsp3) is 0.280. The van der Waals surface area contributed by atoms with Gasteiger partial charge in [0, 0.05) is 30.2 Å². The molecule has 0 unspecified atom stereocenters. The van der Waals surface area contributed by atoms with Crippen LogP contribution in [0.2, 0.25) is 5.02 Å². The summed E-state index contributed by atoms with van der Waals surface area (Å²) in [5.41, 5.74) is -0.0112. The van der Waals surface area contributed by atoms with Crippen molar-refractivity contribution >= 4 is 54.4 Å². The molecule has 2 aromatic carbocycles. The lowest BCUT2D eigenvalue weighted by Crippen LogP contribution is -2.60. The summed E-state index contributed by atoms with van der Waals surface area (Å²) in [4.78, 5) is 76.3. The molecule has 14 nitrogen and oxygen atoms in total. The molecule has 2 aliphatic rings. The average Bonchev–Trinajstić information content (AvgIpc) is 2.93. The van der Waals surface area contributed by atoms with Gasteiger partial charge in [0.15, 0.2) is 0 Å². The predicted octanol–water partition coefficient (Wildman–Crippen LogP) is 0.317. The van der Waals surface area contributed by atoms with E-state index in [4.69, 9.17) is 16.3 Å². The van der Waals surface area contributed by atoms with Gasteiger partial charge < -0.3 is 35.4 Å². The molecule has 0 saturated carbocycles. The van der Waals surface area contributed by atoms with Crippen molar-refractivity contribution in [3.05, 3.63) is 63.7 Å². The molecule has 1 fully saturated rings. The number of hydrogen-bond donors (Lipinski definition) is 5. The fourth-order valence-corrected chi connectivity index (χ4v) is 4.82. The first-order valence-electron chi connectivity index (χ1n) is 12.4. The van der Waals surface area contributed by atoms with E-state index in [2.05, 4.69) is 10.6 Å². The minimum absolute atomic E-state index is 0.0340. The lowest BCUT2D eigenvalue weighted by molar-refractivity contribution is -0.153. The van der Waals surface area contributed by atoms with Gasteiger partial charge in [0.1, 0.15) is 11.8 Å². The number of para-hydroxylation sites is 1. The van der Waals surface area contributed by atoms with Gasteiger partial charge in [-0.25, -0.2) is 14.4 Å². The highest BCUT2D eigenvalue weighted by Crippen LogP contribution is 2.31. The molecule has 0 spiro atoms. The Balaban J connectivity index is 1.61. The van der Waals surface area contributed by atoms with Crippen LogP contribution in [0.25, 0.3) is 0 Å². The van der Waals surface area contributed by atoms with Gasteiger partial charge in [-0.15, -0.1) is 0 Å². The van der Waals surface area contributed by atoms with E-state index in [-0.39, 0.29) is 53.5 Å². The number of piperazine rings is 1. The summed E-state index contributed by atoms with van der Waals surface area (Å²) in [6, 6.07) is 5.10. The van der Waals surface area contributed by atoms with Gasteiger partial charge in [-0.3, -0.25) is 19.3 Å². The number of aromatic carboxylic acids is 2. The van der Waals surface area contributed by atoms with Crippen LogP contribution in [0.3, 0.4) is 0 Å². The number of carbonyl (C=O) groups is 6. The van der Waals surface area contributed by atoms with E-state index in [1.165, 1.54) is 23.1 Å². The molecule has 214 valence electrons. The zero-order chi connectivity index (χ0) is 30.0. The Hall–Kier alpha value is -4.63. The van der Waals surface area contributed by atoms with E-state index < -0.39 is 54.8 Å². The molecule has 5 N–H and O–H groups in total. The maximum Gasteiger partial charge on any atom is 0.547 e. The summed E-state index contributed by atoms with van der Waals surface area (Å²) >= 11 is 6.29. The summed E-state index contributed by atoms with van der Waals surface area (Å²) in [5, 5.41) is 34.0. The van der Waals surface area contributed by atoms with Crippen LogP contribution in [0.4, 0.5) is 4.79 Å². The molecule has 5 amide bonds. The number of benzene rings is 2. The smallest absolute Gasteiger partial charge is 0.534 e. The zero-order valence-electron chi connectivity index (χ0n) is 21.5. The number of urea groups is 1. The molecule has 0 aliphatic carbocycles. The minimum Gasteiger partial charge on any atom is -0.534 e. The van der Waals surface area contributed by atoms with Crippen LogP contribution in [-0.4, -0.2) is 93.4 Å². The van der Waals surface area contributed by atoms with Gasteiger partial charge in [0.2, 0.25) is 5.91 Å². The Morgan fingerprint density at radius 2 is 1.83 bits per heavy atom. The number of carboxylic acid groups (broad SMARTS) is 2. The fourth-order valence-electron chi connectivity index (χ4n) is 4.53. The molecule has 0 radical (unpaired) electrons. The van der Waals surface area contributed by atoms with Crippen molar-refractivity contribution in [2.45, 2.75) is 25.3 Å². The Morgan fingerprint density at radius 1 is 1.10 bits per heavy atom. The second kappa shape index (κ2) is 11.9. The first-order chi connectivity index (χ1) is 19.4. The third-order valence-corrected chi connectivity index (χ3v) is 7.03. The van der Waals surface area contributed by atoms with Crippen molar-refractivity contribution in [3.63, 3.8) is 0 Å². The zero-order valence-corrected chi connectivity index (χ0v) is 22.3. The van der Waals surface area contributed by atoms with E-state index in [1.54, 1.807) is 13.0 Å². The molecule has 0 bridgehead atoms. The number of fused-ring (bicyclic) bond motifs is 1. The quantitative estimate of drug-likeness (QED) is 0.222. The van der Waals surface area contributed by atoms with Crippen molar-refractivity contribution in [3.8, 4) is 5.75 Å². The number of halogens is 1. The first kappa shape index (κ1) is 29.4. The molecule has 16 heteroatoms. The number of rotatable bonds is 7. The van der Waals surface area contributed by atoms with Crippen molar-refractivity contribution in [2.24, 2.45) is 0 Å². The van der Waals surface area contributed by atoms with E-state index in [1.807, 2.05) is 0 Å². The van der Waals surface area contributed by atoms with Gasteiger partial charge in [-0.05, 0) is 37.1 Å². The number of amides is 5. The maximum atomic E-state index is 13.5. The third-order valence-electron chi connectivity index (χ3n) is 6.70. The van der Waals surface area contributed by atoms with Crippen LogP contribution in [0.1, 0.15) is 44.8 Å². The Labute approximate surface area is 238 Å². The van der Waals surface area contributed by atoms with E-state index in [9.17, 15) is 44.0 Å². The molecular weight excluding hydrogens is 563 g/mol. The molecule has 2 heterocycles. The summed E-state index contributed by atoms with van der Waals surface area (Å²) in [6.45, 7) is 1.89. The average molecular weight is 587 g/mol. The summed E-state index contributed by atoms with van der Waals surface area (Å²) in [6.07, 6.45) is -0.0400. The van der Waals surface area contributed by atoms with Gasteiger partial charge in [0.25, 0.3) is 0 Å². The van der Waals surface area contributed by atoms with Crippen molar-refractivity contribution in [1.29, 1.82) is 0 Å². The third kappa shape index (κ3) is 5.95. The van der Waals surface area contributed by atoms with Crippen LogP contribution in [-0.2, 0) is 20.8 Å². The first-order valence-corrected chi connectivity index (χ1v) is 12.7. The topological polar surface area (TPSA) is 203 Å². The van der Waals surface area contributed by atoms with Crippen LogP contribution in [0, 0.1) is 0 Å². The van der Waals surface area contributed by atoms with Crippen LogP contribution in [0.5, 0.6) is 5.75 Å². The number of carboxylic acids is 2. The van der Waals surface area contributed by atoms with Gasteiger partial charge in [-0.1, -0.05) is 29.8 Å². The second-order valence-electron chi connectivity index (χ2n) is 9.19. The maximum absolute atomic E-state index is 13.5. The molecule has 2 atom stereocenters. The molecule has 0 aromatic heterocycles. The van der Waals surface area contributed by atoms with Crippen molar-refractivity contribution in [1.82, 2.24) is 20.4 Å². The summed E-state index contributed by atoms with van der Waals surface area (Å²) in [7, 11) is -1.67. The van der Waals surface area contributed by atoms with E-state index >= 15 is 0 Å².